The van der Waals surface area contributed by atoms with E-state index in [1.165, 1.54) is 0 Å². The SMILES string of the molecule is CCC(C)[C@H](NC(=O)NCc1cnn(C)c1)C(=O)O. The summed E-state index contributed by atoms with van der Waals surface area (Å²) in [6, 6.07) is -1.37. The lowest BCUT2D eigenvalue weighted by molar-refractivity contribution is -0.140. The largest absolute Gasteiger partial charge is 0.480 e. The van der Waals surface area contributed by atoms with Crippen molar-refractivity contribution in [3.8, 4) is 0 Å². The Bertz CT molecular complexity index is 444. The van der Waals surface area contributed by atoms with Gasteiger partial charge in [-0.25, -0.2) is 9.59 Å². The first-order valence-corrected chi connectivity index (χ1v) is 6.18. The van der Waals surface area contributed by atoms with Gasteiger partial charge in [-0.15, -0.1) is 0 Å². The van der Waals surface area contributed by atoms with Gasteiger partial charge in [0, 0.05) is 25.4 Å². The number of aliphatic carboxylic acids is 1. The van der Waals surface area contributed by atoms with Gasteiger partial charge in [0.25, 0.3) is 0 Å². The lowest BCUT2D eigenvalue weighted by Crippen LogP contribution is -2.48. The minimum Gasteiger partial charge on any atom is -0.480 e. The second-order valence-corrected chi connectivity index (χ2v) is 4.55. The molecule has 2 amide bonds. The van der Waals surface area contributed by atoms with Gasteiger partial charge in [-0.05, 0) is 5.92 Å². The van der Waals surface area contributed by atoms with Crippen LogP contribution in [0.4, 0.5) is 4.79 Å². The van der Waals surface area contributed by atoms with Crippen LogP contribution in [0.1, 0.15) is 25.8 Å². The normalized spacial score (nSPS) is 13.6. The summed E-state index contributed by atoms with van der Waals surface area (Å²) in [7, 11) is 1.78. The number of nitrogens with zero attached hydrogens (tertiary/aromatic N) is 2. The van der Waals surface area contributed by atoms with Gasteiger partial charge in [0.2, 0.25) is 0 Å². The van der Waals surface area contributed by atoms with Crippen LogP contribution in [-0.4, -0.2) is 32.9 Å². The van der Waals surface area contributed by atoms with Gasteiger partial charge in [0.05, 0.1) is 6.20 Å². The first-order valence-electron chi connectivity index (χ1n) is 6.18. The standard InChI is InChI=1S/C12H20N4O3/c1-4-8(2)10(11(17)18)15-12(19)13-5-9-6-14-16(3)7-9/h6-8,10H,4-5H2,1-3H3,(H,17,18)(H2,13,15,19)/t8?,10-/m0/s1. The molecule has 0 bridgehead atoms. The quantitative estimate of drug-likeness (QED) is 0.708. The first-order chi connectivity index (χ1) is 8.93. The molecule has 106 valence electrons. The highest BCUT2D eigenvalue weighted by molar-refractivity contribution is 5.82. The fraction of sp³-hybridized carbons (Fsp3) is 0.583. The molecule has 7 nitrogen and oxygen atoms in total. The van der Waals surface area contributed by atoms with Crippen molar-refractivity contribution in [2.75, 3.05) is 0 Å². The van der Waals surface area contributed by atoms with E-state index >= 15 is 0 Å². The molecule has 2 atom stereocenters. The zero-order valence-corrected chi connectivity index (χ0v) is 11.4. The summed E-state index contributed by atoms with van der Waals surface area (Å²) in [5.41, 5.74) is 0.855. The van der Waals surface area contributed by atoms with E-state index in [2.05, 4.69) is 15.7 Å². The van der Waals surface area contributed by atoms with Gasteiger partial charge in [-0.3, -0.25) is 4.68 Å². The second kappa shape index (κ2) is 6.77. The smallest absolute Gasteiger partial charge is 0.326 e. The summed E-state index contributed by atoms with van der Waals surface area (Å²) in [6.45, 7) is 3.99. The van der Waals surface area contributed by atoms with Crippen LogP contribution in [0.3, 0.4) is 0 Å². The summed E-state index contributed by atoms with van der Waals surface area (Å²) in [5, 5.41) is 18.1. The summed E-state index contributed by atoms with van der Waals surface area (Å²) < 4.78 is 1.63. The number of aryl methyl sites for hydroxylation is 1. The van der Waals surface area contributed by atoms with Crippen molar-refractivity contribution in [1.82, 2.24) is 20.4 Å². The van der Waals surface area contributed by atoms with Crippen molar-refractivity contribution >= 4 is 12.0 Å². The zero-order chi connectivity index (χ0) is 14.4. The van der Waals surface area contributed by atoms with Crippen molar-refractivity contribution in [2.24, 2.45) is 13.0 Å². The van der Waals surface area contributed by atoms with E-state index in [1.54, 1.807) is 31.0 Å². The van der Waals surface area contributed by atoms with E-state index in [4.69, 9.17) is 5.11 Å². The minimum atomic E-state index is -1.02. The number of carbonyl (C=O) groups excluding carboxylic acids is 1. The van der Waals surface area contributed by atoms with Crippen LogP contribution < -0.4 is 10.6 Å². The number of aromatic nitrogens is 2. The zero-order valence-electron chi connectivity index (χ0n) is 11.4. The predicted molar refractivity (Wildman–Crippen MR) is 69.5 cm³/mol. The van der Waals surface area contributed by atoms with Crippen molar-refractivity contribution < 1.29 is 14.7 Å². The molecule has 0 radical (unpaired) electrons. The minimum absolute atomic E-state index is 0.123. The molecule has 19 heavy (non-hydrogen) atoms. The molecule has 0 aliphatic rings. The van der Waals surface area contributed by atoms with Crippen molar-refractivity contribution in [1.29, 1.82) is 0 Å². The van der Waals surface area contributed by atoms with E-state index in [0.29, 0.717) is 13.0 Å². The number of nitrogens with one attached hydrogen (secondary N) is 2. The van der Waals surface area contributed by atoms with E-state index < -0.39 is 18.0 Å². The van der Waals surface area contributed by atoms with E-state index in [-0.39, 0.29) is 5.92 Å². The van der Waals surface area contributed by atoms with Crippen LogP contribution >= 0.6 is 0 Å². The molecule has 3 N–H and O–H groups in total. The molecule has 0 saturated carbocycles. The van der Waals surface area contributed by atoms with Crippen LogP contribution in [0.15, 0.2) is 12.4 Å². The number of rotatable bonds is 6. The molecule has 1 aromatic heterocycles. The number of urea groups is 1. The lowest BCUT2D eigenvalue weighted by atomic mass is 9.99. The fourth-order valence-electron chi connectivity index (χ4n) is 1.62. The van der Waals surface area contributed by atoms with Gasteiger partial charge in [0.15, 0.2) is 0 Å². The Balaban J connectivity index is 2.46. The summed E-state index contributed by atoms with van der Waals surface area (Å²) in [5.74, 6) is -1.15. The van der Waals surface area contributed by atoms with Gasteiger partial charge >= 0.3 is 12.0 Å². The van der Waals surface area contributed by atoms with Crippen molar-refractivity contribution in [2.45, 2.75) is 32.9 Å². The Morgan fingerprint density at radius 2 is 2.21 bits per heavy atom. The summed E-state index contributed by atoms with van der Waals surface area (Å²) in [6.07, 6.45) is 4.10. The molecular weight excluding hydrogens is 248 g/mol. The molecule has 1 rings (SSSR count). The van der Waals surface area contributed by atoms with Crippen LogP contribution in [0, 0.1) is 5.92 Å². The lowest BCUT2D eigenvalue weighted by Gasteiger charge is -2.20. The molecule has 1 unspecified atom stereocenters. The third kappa shape index (κ3) is 4.61. The van der Waals surface area contributed by atoms with Crippen LogP contribution in [-0.2, 0) is 18.4 Å². The Hall–Kier alpha value is -2.05. The topological polar surface area (TPSA) is 96.3 Å². The Labute approximate surface area is 112 Å². The Morgan fingerprint density at radius 1 is 1.53 bits per heavy atom. The van der Waals surface area contributed by atoms with Gasteiger partial charge in [-0.1, -0.05) is 20.3 Å². The highest BCUT2D eigenvalue weighted by Gasteiger charge is 2.25. The molecule has 0 aliphatic carbocycles. The maximum absolute atomic E-state index is 11.6. The van der Waals surface area contributed by atoms with Crippen LogP contribution in [0.25, 0.3) is 0 Å². The van der Waals surface area contributed by atoms with E-state index in [1.807, 2.05) is 6.92 Å². The van der Waals surface area contributed by atoms with Crippen molar-refractivity contribution in [3.05, 3.63) is 18.0 Å². The van der Waals surface area contributed by atoms with Gasteiger partial charge in [-0.2, -0.15) is 5.10 Å². The fourth-order valence-corrected chi connectivity index (χ4v) is 1.62. The molecule has 0 aromatic carbocycles. The van der Waals surface area contributed by atoms with Crippen molar-refractivity contribution in [3.63, 3.8) is 0 Å². The van der Waals surface area contributed by atoms with Gasteiger partial charge in [0.1, 0.15) is 6.04 Å². The average molecular weight is 268 g/mol. The third-order valence-corrected chi connectivity index (χ3v) is 2.98. The first kappa shape index (κ1) is 15.0. The maximum atomic E-state index is 11.6. The summed E-state index contributed by atoms with van der Waals surface area (Å²) >= 11 is 0. The monoisotopic (exact) mass is 268 g/mol. The highest BCUT2D eigenvalue weighted by Crippen LogP contribution is 2.07. The number of hydrogen-bond donors (Lipinski definition) is 3. The van der Waals surface area contributed by atoms with Crippen LogP contribution in [0.2, 0.25) is 0 Å². The molecule has 0 spiro atoms. The molecule has 0 saturated heterocycles. The maximum Gasteiger partial charge on any atom is 0.326 e. The van der Waals surface area contributed by atoms with E-state index in [9.17, 15) is 9.59 Å². The Morgan fingerprint density at radius 3 is 2.68 bits per heavy atom. The van der Waals surface area contributed by atoms with Crippen LogP contribution in [0.5, 0.6) is 0 Å². The number of carbonyl (C=O) groups is 2. The van der Waals surface area contributed by atoms with Gasteiger partial charge < -0.3 is 15.7 Å². The molecule has 1 heterocycles. The molecule has 1 aromatic rings. The molecular formula is C12H20N4O3. The molecule has 7 heteroatoms. The number of hydrogen-bond acceptors (Lipinski definition) is 3. The van der Waals surface area contributed by atoms with E-state index in [0.717, 1.165) is 5.56 Å². The molecule has 0 aliphatic heterocycles. The number of carboxylic acids is 1. The summed E-state index contributed by atoms with van der Waals surface area (Å²) in [4.78, 5) is 22.7. The number of amides is 2. The molecule has 0 fully saturated rings. The average Bonchev–Trinajstić information content (AvgIpc) is 2.78. The number of carboxylic acid groups (broad SMARTS) is 1. The third-order valence-electron chi connectivity index (χ3n) is 2.98. The highest BCUT2D eigenvalue weighted by atomic mass is 16.4. The Kier molecular flexibility index (Phi) is 5.35. The predicted octanol–water partition coefficient (Wildman–Crippen LogP) is 0.719. The second-order valence-electron chi connectivity index (χ2n) is 4.55.